The first-order valence-corrected chi connectivity index (χ1v) is 11.7. The Labute approximate surface area is 155 Å². The first-order valence-electron chi connectivity index (χ1n) is 8.59. The van der Waals surface area contributed by atoms with E-state index < -0.39 is 21.2 Å². The third kappa shape index (κ3) is 6.25. The molecule has 0 spiro atoms. The van der Waals surface area contributed by atoms with E-state index in [4.69, 9.17) is 22.9 Å². The fourth-order valence-corrected chi connectivity index (χ4v) is 5.59. The average molecular weight is 409 g/mol. The fourth-order valence-electron chi connectivity index (χ4n) is 2.38. The Balaban J connectivity index is 3.16. The number of aryl methyl sites for hydroxylation is 1. The Kier molecular flexibility index (Phi) is 10.2. The Morgan fingerprint density at radius 1 is 0.962 bits per heavy atom. The first kappa shape index (κ1) is 23.5. The molecule has 1 aromatic carbocycles. The molecule has 10 heteroatoms. The van der Waals surface area contributed by atoms with Crippen molar-refractivity contribution >= 4 is 15.3 Å². The monoisotopic (exact) mass is 409 g/mol. The molecular weight excluding hydrogens is 380 g/mol. The van der Waals surface area contributed by atoms with Gasteiger partial charge in [0.05, 0.1) is 19.8 Å². The third-order valence-electron chi connectivity index (χ3n) is 3.40. The number of hydrogen-bond acceptors (Lipinski definition) is 7. The summed E-state index contributed by atoms with van der Waals surface area (Å²) >= 11 is 0. The van der Waals surface area contributed by atoms with Gasteiger partial charge in [-0.1, -0.05) is 36.4 Å². The van der Waals surface area contributed by atoms with Crippen molar-refractivity contribution in [2.24, 2.45) is 0 Å². The van der Waals surface area contributed by atoms with E-state index in [0.717, 1.165) is 5.56 Å². The summed E-state index contributed by atoms with van der Waals surface area (Å²) in [7, 11) is -6.27. The zero-order valence-corrected chi connectivity index (χ0v) is 17.8. The molecule has 0 aliphatic heterocycles. The molecule has 0 saturated carbocycles. The second-order valence-corrected chi connectivity index (χ2v) is 8.80. The predicted octanol–water partition coefficient (Wildman–Crippen LogP) is 4.83. The summed E-state index contributed by atoms with van der Waals surface area (Å²) in [5.74, 6) is -0.997. The lowest BCUT2D eigenvalue weighted by Gasteiger charge is -2.28. The highest BCUT2D eigenvalue weighted by molar-refractivity contribution is 7.55. The van der Waals surface area contributed by atoms with Gasteiger partial charge in [-0.15, -0.1) is 0 Å². The van der Waals surface area contributed by atoms with Crippen molar-refractivity contribution in [3.05, 3.63) is 35.4 Å². The Morgan fingerprint density at radius 2 is 1.54 bits per heavy atom. The van der Waals surface area contributed by atoms with E-state index in [0.29, 0.717) is 12.0 Å². The zero-order chi connectivity index (χ0) is 19.6. The number of methoxy groups -OCH3 is 1. The summed E-state index contributed by atoms with van der Waals surface area (Å²) in [6.45, 7) is 7.34. The van der Waals surface area contributed by atoms with Crippen LogP contribution in [0.4, 0.5) is 0 Å². The van der Waals surface area contributed by atoms with Crippen molar-refractivity contribution in [3.8, 4) is 0 Å². The molecule has 8 nitrogen and oxygen atoms in total. The fraction of sp³-hybridized carbons (Fsp3) is 0.625. The molecule has 0 bridgehead atoms. The summed E-state index contributed by atoms with van der Waals surface area (Å²) in [6.07, 6.45) is 0.714. The molecule has 150 valence electrons. The Hall–Kier alpha value is -0.560. The molecule has 2 unspecified atom stereocenters. The third-order valence-corrected chi connectivity index (χ3v) is 7.08. The SMILES string of the molecule is CCOP(=O)(NOP(=O)(OCC)C(OC)c1ccccc1CC)OCC. The standard InChI is InChI=1S/C16H29NO7P2/c1-6-14-12-10-11-13-15(14)16(20-5)25(18,21-7-2)24-17-26(19,22-8-3)23-9-4/h10-13,16H,6-9H2,1-5H3,(H,17,19). The largest absolute Gasteiger partial charge is 0.428 e. The van der Waals surface area contributed by atoms with E-state index >= 15 is 0 Å². The minimum Gasteiger partial charge on any atom is -0.364 e. The predicted molar refractivity (Wildman–Crippen MR) is 99.9 cm³/mol. The van der Waals surface area contributed by atoms with Gasteiger partial charge in [-0.3, -0.25) is 13.6 Å². The van der Waals surface area contributed by atoms with Crippen molar-refractivity contribution in [3.63, 3.8) is 0 Å². The lowest BCUT2D eigenvalue weighted by Crippen LogP contribution is -2.19. The van der Waals surface area contributed by atoms with Gasteiger partial charge < -0.3 is 9.26 Å². The van der Waals surface area contributed by atoms with Crippen LogP contribution in [0.2, 0.25) is 0 Å². The van der Waals surface area contributed by atoms with E-state index in [-0.39, 0.29) is 19.8 Å². The molecular formula is C16H29NO7P2. The number of benzene rings is 1. The first-order chi connectivity index (χ1) is 12.4. The maximum Gasteiger partial charge on any atom is 0.428 e. The minimum absolute atomic E-state index is 0.112. The lowest BCUT2D eigenvalue weighted by molar-refractivity contribution is 0.0835. The summed E-state index contributed by atoms with van der Waals surface area (Å²) in [6, 6.07) is 7.41. The summed E-state index contributed by atoms with van der Waals surface area (Å²) in [4.78, 5) is 0. The quantitative estimate of drug-likeness (QED) is 0.366. The average Bonchev–Trinajstić information content (AvgIpc) is 2.62. The number of nitrogens with one attached hydrogen (secondary N) is 1. The number of rotatable bonds is 13. The Morgan fingerprint density at radius 3 is 2.04 bits per heavy atom. The van der Waals surface area contributed by atoms with Crippen molar-refractivity contribution in [2.45, 2.75) is 40.0 Å². The smallest absolute Gasteiger partial charge is 0.364 e. The van der Waals surface area contributed by atoms with Gasteiger partial charge in [0, 0.05) is 7.11 Å². The van der Waals surface area contributed by atoms with Crippen LogP contribution in [0.5, 0.6) is 0 Å². The highest BCUT2D eigenvalue weighted by Crippen LogP contribution is 2.63. The van der Waals surface area contributed by atoms with Crippen molar-refractivity contribution in [1.82, 2.24) is 5.25 Å². The van der Waals surface area contributed by atoms with Gasteiger partial charge in [0.2, 0.25) is 0 Å². The van der Waals surface area contributed by atoms with Crippen LogP contribution in [0, 0.1) is 0 Å². The highest BCUT2D eigenvalue weighted by atomic mass is 31.2. The van der Waals surface area contributed by atoms with Crippen LogP contribution in [0.25, 0.3) is 0 Å². The van der Waals surface area contributed by atoms with E-state index in [1.165, 1.54) is 7.11 Å². The molecule has 1 N–H and O–H groups in total. The van der Waals surface area contributed by atoms with Crippen molar-refractivity contribution < 1.29 is 32.1 Å². The summed E-state index contributed by atoms with van der Waals surface area (Å²) < 4.78 is 52.3. The van der Waals surface area contributed by atoms with Crippen LogP contribution in [-0.2, 0) is 38.5 Å². The normalized spacial score (nSPS) is 15.6. The molecule has 1 rings (SSSR count). The molecule has 1 aromatic rings. The topological polar surface area (TPSA) is 92.3 Å². The number of hydrogen-bond donors (Lipinski definition) is 1. The maximum atomic E-state index is 13.4. The van der Waals surface area contributed by atoms with Gasteiger partial charge in [-0.2, -0.15) is 0 Å². The van der Waals surface area contributed by atoms with Crippen molar-refractivity contribution in [2.75, 3.05) is 26.9 Å². The maximum absolute atomic E-state index is 13.4. The van der Waals surface area contributed by atoms with E-state index in [9.17, 15) is 9.13 Å². The second-order valence-electron chi connectivity index (χ2n) is 5.11. The van der Waals surface area contributed by atoms with Crippen LogP contribution in [-0.4, -0.2) is 26.9 Å². The Bertz CT molecular complexity index is 631. The minimum atomic E-state index is -3.90. The molecule has 26 heavy (non-hydrogen) atoms. The summed E-state index contributed by atoms with van der Waals surface area (Å²) in [5.41, 5.74) is 1.62. The number of ether oxygens (including phenoxy) is 1. The molecule has 0 aromatic heterocycles. The molecule has 0 heterocycles. The van der Waals surface area contributed by atoms with Crippen LogP contribution in [0.1, 0.15) is 44.7 Å². The van der Waals surface area contributed by atoms with Crippen LogP contribution in [0.15, 0.2) is 24.3 Å². The van der Waals surface area contributed by atoms with Crippen LogP contribution < -0.4 is 5.25 Å². The molecule has 0 radical (unpaired) electrons. The molecule has 0 fully saturated rings. The van der Waals surface area contributed by atoms with Gasteiger partial charge in [-0.05, 0) is 38.3 Å². The van der Waals surface area contributed by atoms with Gasteiger partial charge in [0.25, 0.3) is 0 Å². The summed E-state index contributed by atoms with van der Waals surface area (Å²) in [5, 5.41) is 2.19. The molecule has 0 saturated heterocycles. The van der Waals surface area contributed by atoms with Gasteiger partial charge in [0.15, 0.2) is 5.85 Å². The van der Waals surface area contributed by atoms with Crippen LogP contribution >= 0.6 is 15.3 Å². The molecule has 0 aliphatic carbocycles. The van der Waals surface area contributed by atoms with Crippen molar-refractivity contribution in [1.29, 1.82) is 0 Å². The zero-order valence-electron chi connectivity index (χ0n) is 16.0. The van der Waals surface area contributed by atoms with Gasteiger partial charge >= 0.3 is 15.3 Å². The second kappa shape index (κ2) is 11.3. The van der Waals surface area contributed by atoms with E-state index in [1.54, 1.807) is 26.8 Å². The van der Waals surface area contributed by atoms with E-state index in [2.05, 4.69) is 5.25 Å². The molecule has 0 aliphatic rings. The van der Waals surface area contributed by atoms with E-state index in [1.807, 2.05) is 25.1 Å². The molecule has 0 amide bonds. The van der Waals surface area contributed by atoms with Crippen LogP contribution in [0.3, 0.4) is 0 Å². The highest BCUT2D eigenvalue weighted by Gasteiger charge is 2.41. The van der Waals surface area contributed by atoms with Gasteiger partial charge in [0.1, 0.15) is 0 Å². The molecule has 2 atom stereocenters. The van der Waals surface area contributed by atoms with Gasteiger partial charge in [-0.25, -0.2) is 9.19 Å². The lowest BCUT2D eigenvalue weighted by atomic mass is 10.1.